The molecule has 1 fully saturated rings. The third-order valence-corrected chi connectivity index (χ3v) is 5.97. The lowest BCUT2D eigenvalue weighted by Gasteiger charge is -2.24. The van der Waals surface area contributed by atoms with E-state index < -0.39 is 24.4 Å². The predicted molar refractivity (Wildman–Crippen MR) is 123 cm³/mol. The quantitative estimate of drug-likeness (QED) is 0.190. The van der Waals surface area contributed by atoms with Gasteiger partial charge in [0.2, 0.25) is 0 Å². The Morgan fingerprint density at radius 2 is 1.37 bits per heavy atom. The predicted octanol–water partition coefficient (Wildman–Crippen LogP) is 4.91. The highest BCUT2D eigenvalue weighted by Gasteiger charge is 2.40. The van der Waals surface area contributed by atoms with Crippen LogP contribution in [0.4, 0.5) is 0 Å². The fourth-order valence-corrected chi connectivity index (χ4v) is 3.97. The van der Waals surface area contributed by atoms with Gasteiger partial charge in [0.1, 0.15) is 24.4 Å². The summed E-state index contributed by atoms with van der Waals surface area (Å²) >= 11 is 0. The monoisotopic (exact) mass is 428 g/mol. The Bertz CT molecular complexity index is 401. The van der Waals surface area contributed by atoms with Crippen LogP contribution >= 0.6 is 0 Å². The third-order valence-electron chi connectivity index (χ3n) is 5.97. The number of unbranched alkanes of at least 4 members (excludes halogenated alkanes) is 13. The summed E-state index contributed by atoms with van der Waals surface area (Å²) < 4.78 is 11.0. The van der Waals surface area contributed by atoms with Crippen LogP contribution in [0.1, 0.15) is 103 Å². The molecule has 0 saturated carbocycles. The number of rotatable bonds is 20. The topological polar surface area (TPSA) is 79.2 Å². The maximum atomic E-state index is 9.84. The molecule has 5 nitrogen and oxygen atoms in total. The van der Waals surface area contributed by atoms with Crippen molar-refractivity contribution in [2.45, 2.75) is 128 Å². The lowest BCUT2D eigenvalue weighted by molar-refractivity contribution is -0.101. The molecule has 0 unspecified atom stereocenters. The molecule has 178 valence electrons. The van der Waals surface area contributed by atoms with Gasteiger partial charge in [-0.1, -0.05) is 83.3 Å². The molecular weight excluding hydrogens is 380 g/mol. The van der Waals surface area contributed by atoms with Crippen molar-refractivity contribution in [1.29, 1.82) is 0 Å². The van der Waals surface area contributed by atoms with Gasteiger partial charge in [-0.15, -0.1) is 0 Å². The highest BCUT2D eigenvalue weighted by Crippen LogP contribution is 2.20. The number of hydrogen-bond acceptors (Lipinski definition) is 5. The summed E-state index contributed by atoms with van der Waals surface area (Å²) in [4.78, 5) is 0. The molecule has 0 radical (unpaired) electrons. The van der Waals surface area contributed by atoms with Crippen LogP contribution in [0.15, 0.2) is 12.2 Å². The molecule has 0 amide bonds. The van der Waals surface area contributed by atoms with E-state index in [0.717, 1.165) is 25.7 Å². The van der Waals surface area contributed by atoms with Crippen molar-refractivity contribution >= 4 is 0 Å². The zero-order chi connectivity index (χ0) is 21.9. The van der Waals surface area contributed by atoms with Gasteiger partial charge in [0.05, 0.1) is 13.2 Å². The second kappa shape index (κ2) is 19.2. The molecular formula is C25H48O5. The molecule has 1 rings (SSSR count). The van der Waals surface area contributed by atoms with Gasteiger partial charge in [-0.3, -0.25) is 0 Å². The molecule has 30 heavy (non-hydrogen) atoms. The number of aliphatic hydroxyl groups is 3. The lowest BCUT2D eigenvalue weighted by Crippen LogP contribution is -2.42. The Balaban J connectivity index is 1.85. The van der Waals surface area contributed by atoms with E-state index in [9.17, 15) is 15.3 Å². The summed E-state index contributed by atoms with van der Waals surface area (Å²) in [5.41, 5.74) is 0. The summed E-state index contributed by atoms with van der Waals surface area (Å²) in [6.07, 6.45) is 20.9. The minimum atomic E-state index is -0.983. The fourth-order valence-electron chi connectivity index (χ4n) is 3.97. The molecule has 5 heteroatoms. The Labute approximate surface area is 184 Å². The molecule has 1 aliphatic rings. The fraction of sp³-hybridized carbons (Fsp3) is 0.920. The molecule has 0 aliphatic carbocycles. The lowest BCUT2D eigenvalue weighted by atomic mass is 10.1. The molecule has 1 aliphatic heterocycles. The number of aliphatic hydroxyl groups excluding tert-OH is 3. The second-order valence-electron chi connectivity index (χ2n) is 8.74. The van der Waals surface area contributed by atoms with Gasteiger partial charge in [-0.2, -0.15) is 0 Å². The molecule has 1 heterocycles. The molecule has 0 bridgehead atoms. The average Bonchev–Trinajstić information content (AvgIpc) is 3.08. The van der Waals surface area contributed by atoms with E-state index in [1.165, 1.54) is 70.6 Å². The summed E-state index contributed by atoms with van der Waals surface area (Å²) in [5.74, 6) is 0. The SMILES string of the molecule is CCCCCCCCCCCC/C=C/CCCCCO[C@H](CO)[C@H]1OC[C@H](O)[C@H]1O. The van der Waals surface area contributed by atoms with Crippen molar-refractivity contribution in [3.05, 3.63) is 12.2 Å². The first kappa shape index (κ1) is 27.6. The standard InChI is InChI=1S/C25H48O5/c1-2-3-4-5-6-7-8-9-10-11-12-13-14-15-16-17-18-19-29-23(20-26)25-24(28)22(27)21-30-25/h13-14,22-28H,2-12,15-21H2,1H3/b14-13+/t22-,23+,24+,25+/m0/s1. The summed E-state index contributed by atoms with van der Waals surface area (Å²) in [6, 6.07) is 0. The number of hydrogen-bond donors (Lipinski definition) is 3. The van der Waals surface area contributed by atoms with Crippen LogP contribution in [-0.4, -0.2) is 59.6 Å². The normalized spacial score (nSPS) is 22.9. The van der Waals surface area contributed by atoms with Crippen molar-refractivity contribution in [3.63, 3.8) is 0 Å². The van der Waals surface area contributed by atoms with Crippen LogP contribution in [0.5, 0.6) is 0 Å². The van der Waals surface area contributed by atoms with Crippen LogP contribution in [0, 0.1) is 0 Å². The Hall–Kier alpha value is -0.460. The van der Waals surface area contributed by atoms with Gasteiger partial charge >= 0.3 is 0 Å². The minimum Gasteiger partial charge on any atom is -0.394 e. The molecule has 4 atom stereocenters. The van der Waals surface area contributed by atoms with Crippen LogP contribution in [0.25, 0.3) is 0 Å². The van der Waals surface area contributed by atoms with E-state index in [4.69, 9.17) is 9.47 Å². The van der Waals surface area contributed by atoms with Gasteiger partial charge in [0.15, 0.2) is 0 Å². The number of allylic oxidation sites excluding steroid dienone is 2. The van der Waals surface area contributed by atoms with E-state index in [-0.39, 0.29) is 13.2 Å². The van der Waals surface area contributed by atoms with Gasteiger partial charge in [0.25, 0.3) is 0 Å². The highest BCUT2D eigenvalue weighted by molar-refractivity contribution is 4.88. The first-order valence-corrected chi connectivity index (χ1v) is 12.6. The molecule has 0 aromatic heterocycles. The first-order valence-electron chi connectivity index (χ1n) is 12.6. The Kier molecular flexibility index (Phi) is 17.7. The van der Waals surface area contributed by atoms with Crippen molar-refractivity contribution in [1.82, 2.24) is 0 Å². The van der Waals surface area contributed by atoms with Crippen molar-refractivity contribution in [3.8, 4) is 0 Å². The number of ether oxygens (including phenoxy) is 2. The summed E-state index contributed by atoms with van der Waals surface area (Å²) in [7, 11) is 0. The average molecular weight is 429 g/mol. The largest absolute Gasteiger partial charge is 0.394 e. The van der Waals surface area contributed by atoms with Gasteiger partial charge < -0.3 is 24.8 Å². The molecule has 0 spiro atoms. The van der Waals surface area contributed by atoms with Crippen molar-refractivity contribution in [2.75, 3.05) is 19.8 Å². The van der Waals surface area contributed by atoms with E-state index >= 15 is 0 Å². The van der Waals surface area contributed by atoms with Crippen LogP contribution in [-0.2, 0) is 9.47 Å². The zero-order valence-electron chi connectivity index (χ0n) is 19.4. The Morgan fingerprint density at radius 3 is 1.87 bits per heavy atom. The minimum absolute atomic E-state index is 0.0944. The molecule has 3 N–H and O–H groups in total. The Morgan fingerprint density at radius 1 is 0.833 bits per heavy atom. The maximum absolute atomic E-state index is 9.84. The highest BCUT2D eigenvalue weighted by atomic mass is 16.6. The molecule has 0 aromatic carbocycles. The molecule has 1 saturated heterocycles. The zero-order valence-corrected chi connectivity index (χ0v) is 19.4. The van der Waals surface area contributed by atoms with Crippen LogP contribution in [0.3, 0.4) is 0 Å². The van der Waals surface area contributed by atoms with Crippen LogP contribution in [0.2, 0.25) is 0 Å². The second-order valence-corrected chi connectivity index (χ2v) is 8.74. The third kappa shape index (κ3) is 13.1. The summed E-state index contributed by atoms with van der Waals surface area (Å²) in [6.45, 7) is 2.69. The molecule has 0 aromatic rings. The smallest absolute Gasteiger partial charge is 0.114 e. The van der Waals surface area contributed by atoms with E-state index in [1.807, 2.05) is 0 Å². The van der Waals surface area contributed by atoms with Crippen molar-refractivity contribution < 1.29 is 24.8 Å². The van der Waals surface area contributed by atoms with Gasteiger partial charge in [-0.05, 0) is 32.1 Å². The van der Waals surface area contributed by atoms with Crippen LogP contribution < -0.4 is 0 Å². The maximum Gasteiger partial charge on any atom is 0.114 e. The van der Waals surface area contributed by atoms with E-state index in [0.29, 0.717) is 6.61 Å². The summed E-state index contributed by atoms with van der Waals surface area (Å²) in [5, 5.41) is 28.8. The van der Waals surface area contributed by atoms with E-state index in [1.54, 1.807) is 0 Å². The first-order chi connectivity index (χ1) is 14.7. The van der Waals surface area contributed by atoms with Crippen molar-refractivity contribution in [2.24, 2.45) is 0 Å². The van der Waals surface area contributed by atoms with Gasteiger partial charge in [-0.25, -0.2) is 0 Å². The van der Waals surface area contributed by atoms with Gasteiger partial charge in [0, 0.05) is 6.61 Å². The van der Waals surface area contributed by atoms with E-state index in [2.05, 4.69) is 19.1 Å².